The highest BCUT2D eigenvalue weighted by molar-refractivity contribution is 5.81. The van der Waals surface area contributed by atoms with Gasteiger partial charge in [0, 0.05) is 12.2 Å². The molecular formula is C16H17N3. The van der Waals surface area contributed by atoms with Crippen LogP contribution < -0.4 is 5.73 Å². The first-order chi connectivity index (χ1) is 9.15. The van der Waals surface area contributed by atoms with Crippen molar-refractivity contribution in [3.63, 3.8) is 0 Å². The van der Waals surface area contributed by atoms with E-state index in [-0.39, 0.29) is 0 Å². The van der Waals surface area contributed by atoms with E-state index in [1.54, 1.807) is 0 Å². The van der Waals surface area contributed by atoms with Gasteiger partial charge < -0.3 is 10.3 Å². The van der Waals surface area contributed by atoms with Crippen molar-refractivity contribution in [3.05, 3.63) is 59.4 Å². The number of benzene rings is 2. The molecule has 3 rings (SSSR count). The lowest BCUT2D eigenvalue weighted by Gasteiger charge is -2.08. The van der Waals surface area contributed by atoms with Gasteiger partial charge in [0.2, 0.25) is 0 Å². The lowest BCUT2D eigenvalue weighted by atomic mass is 10.1. The van der Waals surface area contributed by atoms with Crippen LogP contribution in [0.3, 0.4) is 0 Å². The predicted molar refractivity (Wildman–Crippen MR) is 79.2 cm³/mol. The Balaban J connectivity index is 2.13. The molecule has 0 bridgehead atoms. The van der Waals surface area contributed by atoms with E-state index >= 15 is 0 Å². The van der Waals surface area contributed by atoms with Crippen LogP contribution >= 0.6 is 0 Å². The van der Waals surface area contributed by atoms with Crippen LogP contribution in [0.1, 0.15) is 17.0 Å². The van der Waals surface area contributed by atoms with Gasteiger partial charge in [-0.3, -0.25) is 0 Å². The summed E-state index contributed by atoms with van der Waals surface area (Å²) in [5.74, 6) is 1.02. The maximum absolute atomic E-state index is 6.02. The first-order valence-electron chi connectivity index (χ1n) is 6.42. The van der Waals surface area contributed by atoms with Crippen LogP contribution in [-0.4, -0.2) is 9.55 Å². The summed E-state index contributed by atoms with van der Waals surface area (Å²) in [6, 6.07) is 14.5. The molecule has 2 N–H and O–H groups in total. The molecule has 0 saturated carbocycles. The molecule has 1 aromatic heterocycles. The number of fused-ring (bicyclic) bond motifs is 1. The minimum Gasteiger partial charge on any atom is -0.398 e. The number of aromatic nitrogens is 2. The Hall–Kier alpha value is -2.29. The Morgan fingerprint density at radius 3 is 2.58 bits per heavy atom. The van der Waals surface area contributed by atoms with Crippen LogP contribution in [0.15, 0.2) is 42.5 Å². The van der Waals surface area contributed by atoms with E-state index in [0.29, 0.717) is 0 Å². The van der Waals surface area contributed by atoms with Gasteiger partial charge in [-0.05, 0) is 37.1 Å². The molecule has 0 unspecified atom stereocenters. The Bertz CT molecular complexity index is 727. The van der Waals surface area contributed by atoms with Gasteiger partial charge in [-0.1, -0.05) is 30.3 Å². The third-order valence-electron chi connectivity index (χ3n) is 3.51. The molecule has 0 aliphatic carbocycles. The molecule has 3 heteroatoms. The molecule has 0 aliphatic rings. The second-order valence-electron chi connectivity index (χ2n) is 4.93. The SMILES string of the molecule is Cc1cc2nc(C)n(Cc3ccccc3)c2cc1N. The van der Waals surface area contributed by atoms with Gasteiger partial charge in [-0.15, -0.1) is 0 Å². The number of nitrogen functional groups attached to an aromatic ring is 1. The largest absolute Gasteiger partial charge is 0.398 e. The van der Waals surface area contributed by atoms with Gasteiger partial charge in [-0.2, -0.15) is 0 Å². The van der Waals surface area contributed by atoms with Gasteiger partial charge >= 0.3 is 0 Å². The standard InChI is InChI=1S/C16H17N3/c1-11-8-15-16(9-14(11)17)19(12(2)18-15)10-13-6-4-3-5-7-13/h3-9H,10,17H2,1-2H3. The topological polar surface area (TPSA) is 43.8 Å². The second kappa shape index (κ2) is 4.43. The molecule has 0 atom stereocenters. The van der Waals surface area contributed by atoms with Crippen molar-refractivity contribution in [1.82, 2.24) is 9.55 Å². The summed E-state index contributed by atoms with van der Waals surface area (Å²) < 4.78 is 2.21. The molecule has 96 valence electrons. The molecule has 1 heterocycles. The van der Waals surface area contributed by atoms with Gasteiger partial charge in [0.05, 0.1) is 11.0 Å². The van der Waals surface area contributed by atoms with Crippen LogP contribution in [0.5, 0.6) is 0 Å². The van der Waals surface area contributed by atoms with Crippen molar-refractivity contribution < 1.29 is 0 Å². The summed E-state index contributed by atoms with van der Waals surface area (Å²) in [4.78, 5) is 4.62. The minimum atomic E-state index is 0.821. The highest BCUT2D eigenvalue weighted by atomic mass is 15.1. The summed E-state index contributed by atoms with van der Waals surface area (Å²) in [6.07, 6.45) is 0. The van der Waals surface area contributed by atoms with Crippen LogP contribution in [0.25, 0.3) is 11.0 Å². The Labute approximate surface area is 112 Å². The van der Waals surface area contributed by atoms with E-state index in [9.17, 15) is 0 Å². The molecule has 0 amide bonds. The van der Waals surface area contributed by atoms with E-state index in [4.69, 9.17) is 5.73 Å². The lowest BCUT2D eigenvalue weighted by molar-refractivity contribution is 0.786. The summed E-state index contributed by atoms with van der Waals surface area (Å²) in [7, 11) is 0. The molecular weight excluding hydrogens is 234 g/mol. The first kappa shape index (κ1) is 11.8. The average Bonchev–Trinajstić information content (AvgIpc) is 2.68. The summed E-state index contributed by atoms with van der Waals surface area (Å²) in [5, 5.41) is 0. The molecule has 0 spiro atoms. The number of hydrogen-bond acceptors (Lipinski definition) is 2. The molecule has 2 aromatic carbocycles. The monoisotopic (exact) mass is 251 g/mol. The highest BCUT2D eigenvalue weighted by Gasteiger charge is 2.09. The van der Waals surface area contributed by atoms with Crippen LogP contribution in [-0.2, 0) is 6.54 Å². The Kier molecular flexibility index (Phi) is 2.75. The van der Waals surface area contributed by atoms with E-state index in [1.165, 1.54) is 5.56 Å². The smallest absolute Gasteiger partial charge is 0.107 e. The number of hydrogen-bond donors (Lipinski definition) is 1. The predicted octanol–water partition coefficient (Wildman–Crippen LogP) is 3.28. The molecule has 0 fully saturated rings. The fourth-order valence-corrected chi connectivity index (χ4v) is 2.38. The number of rotatable bonds is 2. The Morgan fingerprint density at radius 1 is 1.11 bits per heavy atom. The van der Waals surface area contributed by atoms with Gasteiger partial charge in [0.1, 0.15) is 5.82 Å². The molecule has 0 radical (unpaired) electrons. The first-order valence-corrected chi connectivity index (χ1v) is 6.42. The van der Waals surface area contributed by atoms with E-state index < -0.39 is 0 Å². The number of aryl methyl sites for hydroxylation is 2. The van der Waals surface area contributed by atoms with Crippen molar-refractivity contribution in [3.8, 4) is 0 Å². The second-order valence-corrected chi connectivity index (χ2v) is 4.93. The summed E-state index contributed by atoms with van der Waals surface area (Å²) >= 11 is 0. The summed E-state index contributed by atoms with van der Waals surface area (Å²) in [5.41, 5.74) is 11.3. The molecule has 3 aromatic rings. The number of anilines is 1. The van der Waals surface area contributed by atoms with Crippen molar-refractivity contribution in [2.75, 3.05) is 5.73 Å². The maximum atomic E-state index is 6.02. The molecule has 0 saturated heterocycles. The van der Waals surface area contributed by atoms with E-state index in [0.717, 1.165) is 34.7 Å². The van der Waals surface area contributed by atoms with Crippen molar-refractivity contribution >= 4 is 16.7 Å². The van der Waals surface area contributed by atoms with Gasteiger partial charge in [0.25, 0.3) is 0 Å². The lowest BCUT2D eigenvalue weighted by Crippen LogP contribution is -2.02. The number of nitrogens with zero attached hydrogens (tertiary/aromatic N) is 2. The minimum absolute atomic E-state index is 0.821. The van der Waals surface area contributed by atoms with E-state index in [1.807, 2.05) is 26.0 Å². The van der Waals surface area contributed by atoms with Crippen molar-refractivity contribution in [2.24, 2.45) is 0 Å². The third kappa shape index (κ3) is 2.08. The van der Waals surface area contributed by atoms with Crippen molar-refractivity contribution in [1.29, 1.82) is 0 Å². The van der Waals surface area contributed by atoms with Crippen LogP contribution in [0, 0.1) is 13.8 Å². The maximum Gasteiger partial charge on any atom is 0.107 e. The number of imidazole rings is 1. The van der Waals surface area contributed by atoms with Crippen LogP contribution in [0.4, 0.5) is 5.69 Å². The number of nitrogens with two attached hydrogens (primary N) is 1. The fourth-order valence-electron chi connectivity index (χ4n) is 2.38. The zero-order valence-corrected chi connectivity index (χ0v) is 11.2. The molecule has 19 heavy (non-hydrogen) atoms. The third-order valence-corrected chi connectivity index (χ3v) is 3.51. The summed E-state index contributed by atoms with van der Waals surface area (Å²) in [6.45, 7) is 4.88. The van der Waals surface area contributed by atoms with E-state index in [2.05, 4.69) is 39.9 Å². The zero-order valence-electron chi connectivity index (χ0n) is 11.2. The van der Waals surface area contributed by atoms with Crippen LogP contribution in [0.2, 0.25) is 0 Å². The molecule has 0 aliphatic heterocycles. The van der Waals surface area contributed by atoms with Gasteiger partial charge in [0.15, 0.2) is 0 Å². The van der Waals surface area contributed by atoms with Crippen molar-refractivity contribution in [2.45, 2.75) is 20.4 Å². The Morgan fingerprint density at radius 2 is 1.84 bits per heavy atom. The highest BCUT2D eigenvalue weighted by Crippen LogP contribution is 2.23. The molecule has 3 nitrogen and oxygen atoms in total. The quantitative estimate of drug-likeness (QED) is 0.710. The fraction of sp³-hybridized carbons (Fsp3) is 0.188. The average molecular weight is 251 g/mol. The van der Waals surface area contributed by atoms with Gasteiger partial charge in [-0.25, -0.2) is 4.98 Å². The zero-order chi connectivity index (χ0) is 13.4. The normalized spacial score (nSPS) is 11.1.